The van der Waals surface area contributed by atoms with Gasteiger partial charge in [-0.1, -0.05) is 42.5 Å². The number of carbonyl (C=O) groups excluding carboxylic acids is 1. The molecule has 110 valence electrons. The van der Waals surface area contributed by atoms with Crippen molar-refractivity contribution in [1.29, 1.82) is 0 Å². The lowest BCUT2D eigenvalue weighted by Gasteiger charge is -2.22. The quantitative estimate of drug-likeness (QED) is 0.739. The fraction of sp³-hybridized carbons (Fsp3) is 0.188. The fourth-order valence-corrected chi connectivity index (χ4v) is 1.95. The third-order valence-electron chi connectivity index (χ3n) is 3.02. The molecule has 0 saturated heterocycles. The number of nitrogens with one attached hydrogen (secondary N) is 1. The van der Waals surface area contributed by atoms with E-state index in [1.165, 1.54) is 11.0 Å². The molecule has 5 heteroatoms. The predicted octanol–water partition coefficient (Wildman–Crippen LogP) is 2.42. The summed E-state index contributed by atoms with van der Waals surface area (Å²) in [7, 11) is 0. The second-order valence-corrected chi connectivity index (χ2v) is 4.58. The van der Waals surface area contributed by atoms with Gasteiger partial charge in [0.2, 0.25) is 0 Å². The zero-order valence-corrected chi connectivity index (χ0v) is 11.6. The summed E-state index contributed by atoms with van der Waals surface area (Å²) in [6, 6.07) is 15.7. The van der Waals surface area contributed by atoms with E-state index in [2.05, 4.69) is 5.32 Å². The number of phenolic OH excluding ortho intramolecular Hbond substituents is 1. The van der Waals surface area contributed by atoms with Crippen molar-refractivity contribution in [3.05, 3.63) is 60.2 Å². The van der Waals surface area contributed by atoms with Crippen LogP contribution in [0.3, 0.4) is 0 Å². The fourth-order valence-electron chi connectivity index (χ4n) is 1.95. The highest BCUT2D eigenvalue weighted by molar-refractivity contribution is 5.90. The lowest BCUT2D eigenvalue weighted by molar-refractivity contribution is 0.185. The molecule has 2 rings (SSSR count). The number of carbonyl (C=O) groups is 1. The molecular formula is C16H18N2O3. The molecule has 0 atom stereocenters. The van der Waals surface area contributed by atoms with Gasteiger partial charge in [0.1, 0.15) is 5.75 Å². The second-order valence-electron chi connectivity index (χ2n) is 4.58. The van der Waals surface area contributed by atoms with Gasteiger partial charge in [0.05, 0.1) is 12.3 Å². The standard InChI is InChI=1S/C16H18N2O3/c19-11-10-18(12-13-6-2-1-3-7-13)16(21)17-14-8-4-5-9-15(14)20/h1-9,19-20H,10-12H2,(H,17,21). The molecule has 0 aliphatic heterocycles. The SMILES string of the molecule is O=C(Nc1ccccc1O)N(CCO)Cc1ccccc1. The lowest BCUT2D eigenvalue weighted by Crippen LogP contribution is -2.36. The number of nitrogens with zero attached hydrogens (tertiary/aromatic N) is 1. The molecule has 0 heterocycles. The van der Waals surface area contributed by atoms with Crippen LogP contribution in [0.15, 0.2) is 54.6 Å². The molecule has 2 aromatic carbocycles. The van der Waals surface area contributed by atoms with Crippen molar-refractivity contribution in [2.24, 2.45) is 0 Å². The van der Waals surface area contributed by atoms with E-state index in [1.807, 2.05) is 30.3 Å². The van der Waals surface area contributed by atoms with Crippen LogP contribution in [0.2, 0.25) is 0 Å². The van der Waals surface area contributed by atoms with E-state index >= 15 is 0 Å². The summed E-state index contributed by atoms with van der Waals surface area (Å²) < 4.78 is 0. The van der Waals surface area contributed by atoms with Gasteiger partial charge >= 0.3 is 6.03 Å². The third kappa shape index (κ3) is 4.22. The van der Waals surface area contributed by atoms with Gasteiger partial charge < -0.3 is 20.4 Å². The van der Waals surface area contributed by atoms with E-state index in [1.54, 1.807) is 18.2 Å². The molecule has 0 aliphatic carbocycles. The number of para-hydroxylation sites is 2. The number of aliphatic hydroxyl groups is 1. The Hall–Kier alpha value is -2.53. The molecule has 21 heavy (non-hydrogen) atoms. The summed E-state index contributed by atoms with van der Waals surface area (Å²) in [5.41, 5.74) is 1.32. The summed E-state index contributed by atoms with van der Waals surface area (Å²) in [6.45, 7) is 0.482. The topological polar surface area (TPSA) is 72.8 Å². The molecule has 3 N–H and O–H groups in total. The number of hydrogen-bond acceptors (Lipinski definition) is 3. The first kappa shape index (κ1) is 14.9. The summed E-state index contributed by atoms with van der Waals surface area (Å²) in [6.07, 6.45) is 0. The normalized spacial score (nSPS) is 10.1. The molecule has 5 nitrogen and oxygen atoms in total. The first-order chi connectivity index (χ1) is 10.2. The van der Waals surface area contributed by atoms with E-state index in [9.17, 15) is 9.90 Å². The first-order valence-electron chi connectivity index (χ1n) is 6.69. The Kier molecular flexibility index (Phi) is 5.17. The molecule has 0 radical (unpaired) electrons. The maximum Gasteiger partial charge on any atom is 0.322 e. The van der Waals surface area contributed by atoms with Crippen LogP contribution in [0.5, 0.6) is 5.75 Å². The minimum Gasteiger partial charge on any atom is -0.506 e. The maximum atomic E-state index is 12.3. The minimum atomic E-state index is -0.366. The van der Waals surface area contributed by atoms with Crippen LogP contribution in [0, 0.1) is 0 Å². The molecular weight excluding hydrogens is 268 g/mol. The average molecular weight is 286 g/mol. The number of benzene rings is 2. The van der Waals surface area contributed by atoms with Gasteiger partial charge in [-0.25, -0.2) is 4.79 Å². The van der Waals surface area contributed by atoms with Crippen molar-refractivity contribution in [2.45, 2.75) is 6.54 Å². The van der Waals surface area contributed by atoms with Crippen molar-refractivity contribution >= 4 is 11.7 Å². The van der Waals surface area contributed by atoms with E-state index in [-0.39, 0.29) is 24.9 Å². The van der Waals surface area contributed by atoms with Crippen LogP contribution in [0.25, 0.3) is 0 Å². The van der Waals surface area contributed by atoms with Gasteiger partial charge in [-0.3, -0.25) is 0 Å². The Labute approximate surface area is 123 Å². The molecule has 0 unspecified atom stereocenters. The van der Waals surface area contributed by atoms with Crippen LogP contribution in [-0.2, 0) is 6.54 Å². The van der Waals surface area contributed by atoms with Crippen LogP contribution in [0.4, 0.5) is 10.5 Å². The molecule has 0 spiro atoms. The van der Waals surface area contributed by atoms with Gasteiger partial charge in [-0.05, 0) is 17.7 Å². The number of anilines is 1. The number of amides is 2. The number of aliphatic hydroxyl groups excluding tert-OH is 1. The van der Waals surface area contributed by atoms with Gasteiger partial charge in [0.15, 0.2) is 0 Å². The Morgan fingerprint density at radius 3 is 2.38 bits per heavy atom. The van der Waals surface area contributed by atoms with Crippen molar-refractivity contribution in [3.8, 4) is 5.75 Å². The second kappa shape index (κ2) is 7.31. The number of hydrogen-bond donors (Lipinski definition) is 3. The molecule has 0 bridgehead atoms. The summed E-state index contributed by atoms with van der Waals surface area (Å²) >= 11 is 0. The monoisotopic (exact) mass is 286 g/mol. The summed E-state index contributed by atoms with van der Waals surface area (Å²) in [4.78, 5) is 13.7. The van der Waals surface area contributed by atoms with E-state index in [4.69, 9.17) is 5.11 Å². The van der Waals surface area contributed by atoms with Gasteiger partial charge in [0.25, 0.3) is 0 Å². The van der Waals surface area contributed by atoms with E-state index < -0.39 is 0 Å². The number of aromatic hydroxyl groups is 1. The van der Waals surface area contributed by atoms with Crippen molar-refractivity contribution in [1.82, 2.24) is 4.90 Å². The molecule has 0 saturated carbocycles. The molecule has 0 aromatic heterocycles. The average Bonchev–Trinajstić information content (AvgIpc) is 2.50. The van der Waals surface area contributed by atoms with Crippen LogP contribution in [0.1, 0.15) is 5.56 Å². The lowest BCUT2D eigenvalue weighted by atomic mass is 10.2. The number of phenols is 1. The smallest absolute Gasteiger partial charge is 0.322 e. The van der Waals surface area contributed by atoms with Crippen LogP contribution in [-0.4, -0.2) is 34.3 Å². The Morgan fingerprint density at radius 1 is 1.05 bits per heavy atom. The Morgan fingerprint density at radius 2 is 1.71 bits per heavy atom. The third-order valence-corrected chi connectivity index (χ3v) is 3.02. The highest BCUT2D eigenvalue weighted by Crippen LogP contribution is 2.22. The summed E-state index contributed by atoms with van der Waals surface area (Å²) in [5, 5.41) is 21.4. The van der Waals surface area contributed by atoms with E-state index in [0.29, 0.717) is 12.2 Å². The highest BCUT2D eigenvalue weighted by atomic mass is 16.3. The van der Waals surface area contributed by atoms with Gasteiger partial charge in [0, 0.05) is 13.1 Å². The summed E-state index contributed by atoms with van der Waals surface area (Å²) in [5.74, 6) is 0.00881. The zero-order valence-electron chi connectivity index (χ0n) is 11.6. The van der Waals surface area contributed by atoms with Crippen LogP contribution >= 0.6 is 0 Å². The molecule has 0 aliphatic rings. The number of rotatable bonds is 5. The van der Waals surface area contributed by atoms with Gasteiger partial charge in [-0.2, -0.15) is 0 Å². The Bertz CT molecular complexity index is 587. The van der Waals surface area contributed by atoms with Crippen molar-refractivity contribution < 1.29 is 15.0 Å². The zero-order chi connectivity index (χ0) is 15.1. The van der Waals surface area contributed by atoms with Gasteiger partial charge in [-0.15, -0.1) is 0 Å². The van der Waals surface area contributed by atoms with Crippen molar-refractivity contribution in [2.75, 3.05) is 18.5 Å². The number of urea groups is 1. The van der Waals surface area contributed by atoms with Crippen LogP contribution < -0.4 is 5.32 Å². The largest absolute Gasteiger partial charge is 0.506 e. The highest BCUT2D eigenvalue weighted by Gasteiger charge is 2.14. The predicted molar refractivity (Wildman–Crippen MR) is 81.1 cm³/mol. The maximum absolute atomic E-state index is 12.3. The first-order valence-corrected chi connectivity index (χ1v) is 6.69. The molecule has 2 aromatic rings. The molecule has 0 fully saturated rings. The van der Waals surface area contributed by atoms with Crippen molar-refractivity contribution in [3.63, 3.8) is 0 Å². The van der Waals surface area contributed by atoms with E-state index in [0.717, 1.165) is 5.56 Å². The minimum absolute atomic E-state index is 0.00881. The Balaban J connectivity index is 2.07. The molecule has 2 amide bonds.